The zero-order valence-electron chi connectivity index (χ0n) is 8.97. The van der Waals surface area contributed by atoms with Crippen LogP contribution in [0.2, 0.25) is 0 Å². The third-order valence-corrected chi connectivity index (χ3v) is 3.40. The van der Waals surface area contributed by atoms with Crippen LogP contribution in [0.3, 0.4) is 0 Å². The highest BCUT2D eigenvalue weighted by Crippen LogP contribution is 2.58. The average molecular weight is 193 g/mol. The van der Waals surface area contributed by atoms with Crippen LogP contribution in [-0.2, 0) is 5.41 Å². The van der Waals surface area contributed by atoms with Gasteiger partial charge in [0.2, 0.25) is 0 Å². The minimum atomic E-state index is -0.251. The van der Waals surface area contributed by atoms with Gasteiger partial charge in [0.25, 0.3) is 0 Å². The molecule has 2 rings (SSSR count). The lowest BCUT2D eigenvalue weighted by atomic mass is 9.75. The van der Waals surface area contributed by atoms with Crippen molar-refractivity contribution in [2.75, 3.05) is 0 Å². The molecule has 0 spiro atoms. The Balaban J connectivity index is 2.36. The highest BCUT2D eigenvalue weighted by Gasteiger charge is 2.54. The number of aromatic nitrogens is 1. The summed E-state index contributed by atoms with van der Waals surface area (Å²) in [5, 5.41) is 0. The van der Waals surface area contributed by atoms with Gasteiger partial charge in [0.05, 0.1) is 6.20 Å². The summed E-state index contributed by atoms with van der Waals surface area (Å²) in [4.78, 5) is 4.20. The van der Waals surface area contributed by atoms with E-state index in [1.54, 1.807) is 0 Å². The first-order valence-corrected chi connectivity index (χ1v) is 5.08. The third kappa shape index (κ3) is 1.33. The van der Waals surface area contributed by atoms with E-state index >= 15 is 0 Å². The molecule has 0 aromatic carbocycles. The van der Waals surface area contributed by atoms with Crippen molar-refractivity contribution in [3.05, 3.63) is 29.8 Å². The minimum Gasteiger partial charge on any atom is -0.258 e. The Morgan fingerprint density at radius 3 is 2.29 bits per heavy atom. The summed E-state index contributed by atoms with van der Waals surface area (Å²) < 4.78 is 12.7. The van der Waals surface area contributed by atoms with Crippen molar-refractivity contribution in [2.45, 2.75) is 39.0 Å². The second kappa shape index (κ2) is 2.78. The lowest BCUT2D eigenvalue weighted by Gasteiger charge is -2.30. The molecule has 1 heterocycles. The fourth-order valence-electron chi connectivity index (χ4n) is 2.17. The quantitative estimate of drug-likeness (QED) is 0.667. The van der Waals surface area contributed by atoms with E-state index in [1.807, 2.05) is 6.07 Å². The molecule has 0 bridgehead atoms. The monoisotopic (exact) mass is 193 g/mol. The molecule has 0 aliphatic heterocycles. The standard InChI is InChI=1S/C12H16FN/c1-11(2,3)12(6-7-12)10-5-4-9(13)8-14-10/h4-5,8H,6-7H2,1-3H3. The molecule has 0 saturated heterocycles. The molecular formula is C12H16FN. The fraction of sp³-hybridized carbons (Fsp3) is 0.583. The van der Waals surface area contributed by atoms with E-state index in [0.717, 1.165) is 5.69 Å². The number of pyridine rings is 1. The van der Waals surface area contributed by atoms with Gasteiger partial charge in [-0.3, -0.25) is 4.98 Å². The van der Waals surface area contributed by atoms with Crippen molar-refractivity contribution in [3.8, 4) is 0 Å². The number of nitrogens with zero attached hydrogens (tertiary/aromatic N) is 1. The van der Waals surface area contributed by atoms with E-state index in [0.29, 0.717) is 0 Å². The molecule has 0 amide bonds. The lowest BCUT2D eigenvalue weighted by Crippen LogP contribution is -2.27. The van der Waals surface area contributed by atoms with E-state index in [4.69, 9.17) is 0 Å². The van der Waals surface area contributed by atoms with Crippen LogP contribution in [0.4, 0.5) is 4.39 Å². The molecule has 0 N–H and O–H groups in total. The van der Waals surface area contributed by atoms with Crippen LogP contribution >= 0.6 is 0 Å². The Kier molecular flexibility index (Phi) is 1.91. The summed E-state index contributed by atoms with van der Waals surface area (Å²) in [6.07, 6.45) is 3.67. The van der Waals surface area contributed by atoms with Crippen molar-refractivity contribution in [3.63, 3.8) is 0 Å². The first-order valence-electron chi connectivity index (χ1n) is 5.08. The SMILES string of the molecule is CC(C)(C)C1(c2ccc(F)cn2)CC1. The predicted octanol–water partition coefficient (Wildman–Crippen LogP) is 3.30. The van der Waals surface area contributed by atoms with Crippen LogP contribution in [-0.4, -0.2) is 4.98 Å². The van der Waals surface area contributed by atoms with Gasteiger partial charge in [-0.15, -0.1) is 0 Å². The molecule has 1 nitrogen and oxygen atoms in total. The fourth-order valence-corrected chi connectivity index (χ4v) is 2.17. The van der Waals surface area contributed by atoms with E-state index in [2.05, 4.69) is 25.8 Å². The smallest absolute Gasteiger partial charge is 0.141 e. The van der Waals surface area contributed by atoms with Crippen LogP contribution < -0.4 is 0 Å². The zero-order chi connectivity index (χ0) is 10.4. The van der Waals surface area contributed by atoms with E-state index in [1.165, 1.54) is 25.1 Å². The van der Waals surface area contributed by atoms with E-state index in [9.17, 15) is 4.39 Å². The molecule has 0 atom stereocenters. The highest BCUT2D eigenvalue weighted by atomic mass is 19.1. The maximum absolute atomic E-state index is 12.7. The molecule has 1 aromatic heterocycles. The van der Waals surface area contributed by atoms with Gasteiger partial charge in [0, 0.05) is 11.1 Å². The summed E-state index contributed by atoms with van der Waals surface area (Å²) in [5.74, 6) is -0.251. The summed E-state index contributed by atoms with van der Waals surface area (Å²) in [7, 11) is 0. The number of rotatable bonds is 1. The Morgan fingerprint density at radius 2 is 1.93 bits per heavy atom. The second-order valence-electron chi connectivity index (χ2n) is 5.19. The zero-order valence-corrected chi connectivity index (χ0v) is 8.97. The van der Waals surface area contributed by atoms with Gasteiger partial charge < -0.3 is 0 Å². The molecule has 1 aliphatic rings. The molecule has 76 valence electrons. The van der Waals surface area contributed by atoms with Crippen molar-refractivity contribution in [1.29, 1.82) is 0 Å². The first-order chi connectivity index (χ1) is 6.46. The minimum absolute atomic E-state index is 0.195. The molecule has 1 saturated carbocycles. The van der Waals surface area contributed by atoms with Gasteiger partial charge >= 0.3 is 0 Å². The predicted molar refractivity (Wildman–Crippen MR) is 54.6 cm³/mol. The molecule has 1 aliphatic carbocycles. The molecule has 2 heteroatoms. The molecular weight excluding hydrogens is 177 g/mol. The molecule has 0 unspecified atom stereocenters. The third-order valence-electron chi connectivity index (χ3n) is 3.40. The average Bonchev–Trinajstić information content (AvgIpc) is 2.84. The molecule has 14 heavy (non-hydrogen) atoms. The molecule has 0 radical (unpaired) electrons. The Morgan fingerprint density at radius 1 is 1.29 bits per heavy atom. The lowest BCUT2D eigenvalue weighted by molar-refractivity contribution is 0.292. The van der Waals surface area contributed by atoms with Gasteiger partial charge in [-0.05, 0) is 30.4 Å². The first kappa shape index (κ1) is 9.63. The maximum atomic E-state index is 12.7. The van der Waals surface area contributed by atoms with E-state index in [-0.39, 0.29) is 16.6 Å². The van der Waals surface area contributed by atoms with Crippen LogP contribution in [0.25, 0.3) is 0 Å². The van der Waals surface area contributed by atoms with Crippen LogP contribution in [0, 0.1) is 11.2 Å². The van der Waals surface area contributed by atoms with Crippen LogP contribution in [0.15, 0.2) is 18.3 Å². The van der Waals surface area contributed by atoms with Gasteiger partial charge in [-0.1, -0.05) is 20.8 Å². The van der Waals surface area contributed by atoms with E-state index < -0.39 is 0 Å². The van der Waals surface area contributed by atoms with Crippen molar-refractivity contribution < 1.29 is 4.39 Å². The topological polar surface area (TPSA) is 12.9 Å². The van der Waals surface area contributed by atoms with Gasteiger partial charge in [0.15, 0.2) is 0 Å². The van der Waals surface area contributed by atoms with Crippen molar-refractivity contribution >= 4 is 0 Å². The van der Waals surface area contributed by atoms with Crippen LogP contribution in [0.1, 0.15) is 39.3 Å². The largest absolute Gasteiger partial charge is 0.258 e. The number of hydrogen-bond acceptors (Lipinski definition) is 1. The van der Waals surface area contributed by atoms with Gasteiger partial charge in [-0.25, -0.2) is 4.39 Å². The van der Waals surface area contributed by atoms with Crippen LogP contribution in [0.5, 0.6) is 0 Å². The number of halogens is 1. The second-order valence-corrected chi connectivity index (χ2v) is 5.19. The number of hydrogen-bond donors (Lipinski definition) is 0. The molecule has 1 fully saturated rings. The van der Waals surface area contributed by atoms with Gasteiger partial charge in [0.1, 0.15) is 5.82 Å². The summed E-state index contributed by atoms with van der Waals surface area (Å²) in [6, 6.07) is 3.34. The van der Waals surface area contributed by atoms with Crippen molar-refractivity contribution in [1.82, 2.24) is 4.98 Å². The Bertz CT molecular complexity index is 330. The summed E-state index contributed by atoms with van der Waals surface area (Å²) in [5.41, 5.74) is 1.46. The Labute approximate surface area is 84.4 Å². The Hall–Kier alpha value is -0.920. The van der Waals surface area contributed by atoms with Gasteiger partial charge in [-0.2, -0.15) is 0 Å². The molecule has 1 aromatic rings. The van der Waals surface area contributed by atoms with Crippen molar-refractivity contribution in [2.24, 2.45) is 5.41 Å². The maximum Gasteiger partial charge on any atom is 0.141 e. The summed E-state index contributed by atoms with van der Waals surface area (Å²) in [6.45, 7) is 6.68. The summed E-state index contributed by atoms with van der Waals surface area (Å²) >= 11 is 0. The highest BCUT2D eigenvalue weighted by molar-refractivity contribution is 5.28. The normalized spacial score (nSPS) is 19.4.